The summed E-state index contributed by atoms with van der Waals surface area (Å²) in [5, 5.41) is 12.1. The highest BCUT2D eigenvalue weighted by molar-refractivity contribution is 5.66. The summed E-state index contributed by atoms with van der Waals surface area (Å²) >= 11 is 0. The predicted octanol–water partition coefficient (Wildman–Crippen LogP) is 3.26. The van der Waals surface area contributed by atoms with Gasteiger partial charge in [0.2, 0.25) is 0 Å². The summed E-state index contributed by atoms with van der Waals surface area (Å²) in [6, 6.07) is 1.31. The lowest BCUT2D eigenvalue weighted by Gasteiger charge is -2.37. The van der Waals surface area contributed by atoms with Crippen molar-refractivity contribution in [3.05, 3.63) is 0 Å². The minimum absolute atomic E-state index is 0.335. The number of hydrogen-bond acceptors (Lipinski definition) is 3. The first kappa shape index (κ1) is 18.4. The molecule has 1 aliphatic rings. The van der Waals surface area contributed by atoms with Crippen LogP contribution in [0.2, 0.25) is 0 Å². The van der Waals surface area contributed by atoms with E-state index >= 15 is 0 Å². The normalized spacial score (nSPS) is 23.3. The number of unbranched alkanes of at least 4 members (excludes halogenated alkanes) is 7. The summed E-state index contributed by atoms with van der Waals surface area (Å²) < 4.78 is 0. The Labute approximate surface area is 130 Å². The van der Waals surface area contributed by atoms with E-state index in [0.717, 1.165) is 19.4 Å². The van der Waals surface area contributed by atoms with Gasteiger partial charge in [0.1, 0.15) is 0 Å². The maximum atomic E-state index is 10.4. The van der Waals surface area contributed by atoms with Crippen molar-refractivity contribution in [1.29, 1.82) is 0 Å². The Morgan fingerprint density at radius 1 is 1.05 bits per heavy atom. The first-order valence-corrected chi connectivity index (χ1v) is 8.79. The van der Waals surface area contributed by atoms with Gasteiger partial charge in [-0.05, 0) is 33.2 Å². The Morgan fingerprint density at radius 2 is 1.62 bits per heavy atom. The van der Waals surface area contributed by atoms with Crippen molar-refractivity contribution in [2.45, 2.75) is 83.7 Å². The minimum Gasteiger partial charge on any atom is -0.481 e. The third kappa shape index (κ3) is 9.10. The quantitative estimate of drug-likeness (QED) is 0.575. The van der Waals surface area contributed by atoms with Crippen LogP contribution in [0, 0.1) is 0 Å². The molecule has 0 saturated carbocycles. The number of rotatable bonds is 11. The molecule has 124 valence electrons. The highest BCUT2D eigenvalue weighted by Crippen LogP contribution is 2.12. The average Bonchev–Trinajstić information content (AvgIpc) is 2.44. The number of nitrogens with zero attached hydrogens (tertiary/aromatic N) is 1. The molecule has 2 atom stereocenters. The molecule has 0 amide bonds. The fraction of sp³-hybridized carbons (Fsp3) is 0.941. The van der Waals surface area contributed by atoms with E-state index in [0.29, 0.717) is 18.5 Å². The smallest absolute Gasteiger partial charge is 0.303 e. The van der Waals surface area contributed by atoms with Gasteiger partial charge in [0.15, 0.2) is 0 Å². The van der Waals surface area contributed by atoms with Crippen LogP contribution < -0.4 is 5.32 Å². The lowest BCUT2D eigenvalue weighted by atomic mass is 10.1. The van der Waals surface area contributed by atoms with Gasteiger partial charge < -0.3 is 10.4 Å². The molecule has 0 aromatic carbocycles. The van der Waals surface area contributed by atoms with E-state index < -0.39 is 5.97 Å². The molecule has 0 aromatic heterocycles. The van der Waals surface area contributed by atoms with Crippen molar-refractivity contribution in [2.24, 2.45) is 0 Å². The number of aliphatic carboxylic acids is 1. The van der Waals surface area contributed by atoms with E-state index in [1.54, 1.807) is 0 Å². The molecule has 1 aliphatic heterocycles. The van der Waals surface area contributed by atoms with Crippen molar-refractivity contribution in [2.75, 3.05) is 19.6 Å². The van der Waals surface area contributed by atoms with E-state index in [4.69, 9.17) is 5.11 Å². The van der Waals surface area contributed by atoms with Crippen molar-refractivity contribution in [1.82, 2.24) is 10.2 Å². The van der Waals surface area contributed by atoms with E-state index in [1.165, 1.54) is 51.6 Å². The monoisotopic (exact) mass is 298 g/mol. The Bertz CT molecular complexity index is 284. The first-order valence-electron chi connectivity index (χ1n) is 8.79. The molecule has 4 heteroatoms. The summed E-state index contributed by atoms with van der Waals surface area (Å²) in [4.78, 5) is 13.0. The van der Waals surface area contributed by atoms with Crippen LogP contribution in [0.15, 0.2) is 0 Å². The van der Waals surface area contributed by atoms with Crippen LogP contribution in [0.4, 0.5) is 0 Å². The van der Waals surface area contributed by atoms with E-state index in [-0.39, 0.29) is 0 Å². The summed E-state index contributed by atoms with van der Waals surface area (Å²) in [5.41, 5.74) is 0. The van der Waals surface area contributed by atoms with E-state index in [1.807, 2.05) is 0 Å². The molecule has 4 nitrogen and oxygen atoms in total. The minimum atomic E-state index is -0.661. The van der Waals surface area contributed by atoms with Gasteiger partial charge in [0.25, 0.3) is 0 Å². The van der Waals surface area contributed by atoms with E-state index in [9.17, 15) is 4.79 Å². The van der Waals surface area contributed by atoms with Crippen LogP contribution in [-0.4, -0.2) is 47.7 Å². The molecule has 1 heterocycles. The SMILES string of the molecule is CC1CN(CCCCCCCCCCC(=O)O)C(C)CN1. The number of carbonyl (C=O) groups is 1. The molecule has 1 saturated heterocycles. The third-order valence-corrected chi connectivity index (χ3v) is 4.48. The Hall–Kier alpha value is -0.610. The summed E-state index contributed by atoms with van der Waals surface area (Å²) in [5.74, 6) is -0.661. The van der Waals surface area contributed by atoms with Gasteiger partial charge in [-0.3, -0.25) is 9.69 Å². The molecular weight excluding hydrogens is 264 g/mol. The molecule has 0 aliphatic carbocycles. The van der Waals surface area contributed by atoms with Crippen LogP contribution in [0.25, 0.3) is 0 Å². The van der Waals surface area contributed by atoms with Gasteiger partial charge in [0, 0.05) is 31.6 Å². The Morgan fingerprint density at radius 3 is 2.24 bits per heavy atom. The van der Waals surface area contributed by atoms with Gasteiger partial charge in [0.05, 0.1) is 0 Å². The molecule has 0 aromatic rings. The average molecular weight is 298 g/mol. The van der Waals surface area contributed by atoms with Gasteiger partial charge in [-0.25, -0.2) is 0 Å². The molecule has 2 N–H and O–H groups in total. The van der Waals surface area contributed by atoms with Gasteiger partial charge in [-0.2, -0.15) is 0 Å². The van der Waals surface area contributed by atoms with Gasteiger partial charge in [-0.15, -0.1) is 0 Å². The molecule has 0 spiro atoms. The first-order chi connectivity index (χ1) is 10.1. The van der Waals surface area contributed by atoms with Gasteiger partial charge in [-0.1, -0.05) is 38.5 Å². The fourth-order valence-corrected chi connectivity index (χ4v) is 3.06. The zero-order chi connectivity index (χ0) is 15.5. The number of carboxylic acids is 1. The molecule has 0 radical (unpaired) electrons. The molecule has 2 unspecified atom stereocenters. The maximum Gasteiger partial charge on any atom is 0.303 e. The Balaban J connectivity index is 1.87. The van der Waals surface area contributed by atoms with E-state index in [2.05, 4.69) is 24.1 Å². The predicted molar refractivity (Wildman–Crippen MR) is 87.7 cm³/mol. The highest BCUT2D eigenvalue weighted by Gasteiger charge is 2.21. The van der Waals surface area contributed by atoms with Crippen molar-refractivity contribution >= 4 is 5.97 Å². The van der Waals surface area contributed by atoms with Crippen LogP contribution in [0.1, 0.15) is 71.6 Å². The standard InChI is InChI=1S/C17H34N2O2/c1-15-14-19(16(2)13-18-15)12-10-8-6-4-3-5-7-9-11-17(20)21/h15-16,18H,3-14H2,1-2H3,(H,20,21). The van der Waals surface area contributed by atoms with Gasteiger partial charge >= 0.3 is 5.97 Å². The molecule has 1 rings (SSSR count). The zero-order valence-electron chi connectivity index (χ0n) is 13.9. The number of piperazine rings is 1. The number of hydrogen-bond donors (Lipinski definition) is 2. The number of nitrogens with one attached hydrogen (secondary N) is 1. The third-order valence-electron chi connectivity index (χ3n) is 4.48. The fourth-order valence-electron chi connectivity index (χ4n) is 3.06. The van der Waals surface area contributed by atoms with Crippen LogP contribution in [-0.2, 0) is 4.79 Å². The zero-order valence-corrected chi connectivity index (χ0v) is 13.9. The highest BCUT2D eigenvalue weighted by atomic mass is 16.4. The van der Waals surface area contributed by atoms with Crippen LogP contribution in [0.5, 0.6) is 0 Å². The molecule has 0 bridgehead atoms. The van der Waals surface area contributed by atoms with Crippen LogP contribution >= 0.6 is 0 Å². The second-order valence-corrected chi connectivity index (χ2v) is 6.63. The lowest BCUT2D eigenvalue weighted by molar-refractivity contribution is -0.137. The summed E-state index contributed by atoms with van der Waals surface area (Å²) in [6.07, 6.45) is 9.99. The molecular formula is C17H34N2O2. The topological polar surface area (TPSA) is 52.6 Å². The molecule has 1 fully saturated rings. The largest absolute Gasteiger partial charge is 0.481 e. The van der Waals surface area contributed by atoms with Crippen LogP contribution in [0.3, 0.4) is 0 Å². The van der Waals surface area contributed by atoms with Crippen molar-refractivity contribution in [3.8, 4) is 0 Å². The second kappa shape index (κ2) is 11.0. The molecule has 21 heavy (non-hydrogen) atoms. The Kier molecular flexibility index (Phi) is 9.68. The van der Waals surface area contributed by atoms with Crippen molar-refractivity contribution in [3.63, 3.8) is 0 Å². The number of carboxylic acid groups (broad SMARTS) is 1. The summed E-state index contributed by atoms with van der Waals surface area (Å²) in [6.45, 7) is 8.13. The van der Waals surface area contributed by atoms with Crippen molar-refractivity contribution < 1.29 is 9.90 Å². The summed E-state index contributed by atoms with van der Waals surface area (Å²) in [7, 11) is 0. The second-order valence-electron chi connectivity index (χ2n) is 6.63. The lowest BCUT2D eigenvalue weighted by Crippen LogP contribution is -2.54. The maximum absolute atomic E-state index is 10.4.